The number of thiazole rings is 1. The third-order valence-electron chi connectivity index (χ3n) is 4.55. The summed E-state index contributed by atoms with van der Waals surface area (Å²) in [6, 6.07) is 40.2. The average Bonchev–Trinajstić information content (AvgIpc) is 4.43. The van der Waals surface area contributed by atoms with Crippen LogP contribution in [0.4, 0.5) is 0 Å². The maximum atomic E-state index is 3.78. The second-order valence-corrected chi connectivity index (χ2v) is 9.23. The molecule has 8 heteroatoms. The van der Waals surface area contributed by atoms with E-state index in [1.54, 1.807) is 84.0 Å². The fourth-order valence-electron chi connectivity index (χ4n) is 2.70. The number of benzene rings is 3. The lowest BCUT2D eigenvalue weighted by atomic mass is 10.1. The Labute approximate surface area is 453 Å². The van der Waals surface area contributed by atoms with Crippen LogP contribution in [0.15, 0.2) is 199 Å². The first-order chi connectivity index (χ1) is 35.5. The van der Waals surface area contributed by atoms with E-state index in [2.05, 4.69) is 78.4 Å². The quantitative estimate of drug-likeness (QED) is 0.164. The summed E-state index contributed by atoms with van der Waals surface area (Å²) < 4.78 is 0. The molecule has 0 atom stereocenters. The van der Waals surface area contributed by atoms with Crippen molar-refractivity contribution >= 4 is 33.4 Å². The molecular formula is C63H118N6S2. The van der Waals surface area contributed by atoms with Crippen molar-refractivity contribution in [3.8, 4) is 0 Å². The molecule has 0 aliphatic carbocycles. The highest BCUT2D eigenvalue weighted by Crippen LogP contribution is 2.11. The summed E-state index contributed by atoms with van der Waals surface area (Å²) in [6.45, 7) is 56.0. The third-order valence-corrected chi connectivity index (χ3v) is 5.70. The minimum atomic E-state index is 1.31. The van der Waals surface area contributed by atoms with Gasteiger partial charge in [-0.25, -0.2) is 15.0 Å². The van der Waals surface area contributed by atoms with Gasteiger partial charge in [0.1, 0.15) is 6.33 Å². The van der Waals surface area contributed by atoms with Crippen LogP contribution in [0.5, 0.6) is 0 Å². The molecule has 5 aromatic heterocycles. The summed E-state index contributed by atoms with van der Waals surface area (Å²) in [5, 5.41) is 8.63. The van der Waals surface area contributed by atoms with Gasteiger partial charge in [0.25, 0.3) is 0 Å². The maximum absolute atomic E-state index is 3.78. The first-order valence-electron chi connectivity index (χ1n) is 27.2. The monoisotopic (exact) mass is 1020 g/mol. The van der Waals surface area contributed by atoms with Gasteiger partial charge in [-0.05, 0) is 39.7 Å². The first kappa shape index (κ1) is 99.0. The molecule has 0 saturated heterocycles. The number of hydrogen-bond acceptors (Lipinski definition) is 7. The van der Waals surface area contributed by atoms with Crippen molar-refractivity contribution in [1.29, 1.82) is 0 Å². The Kier molecular flexibility index (Phi) is 211. The van der Waals surface area contributed by atoms with Gasteiger partial charge in [-0.1, -0.05) is 297 Å². The van der Waals surface area contributed by atoms with Crippen molar-refractivity contribution in [1.82, 2.24) is 29.9 Å². The van der Waals surface area contributed by atoms with E-state index in [4.69, 9.17) is 0 Å². The van der Waals surface area contributed by atoms with E-state index in [0.29, 0.717) is 0 Å². The Morgan fingerprint density at radius 3 is 0.718 bits per heavy atom. The number of fused-ring (bicyclic) bond motifs is 1. The number of rotatable bonds is 0. The van der Waals surface area contributed by atoms with E-state index < -0.39 is 0 Å². The molecule has 0 aliphatic rings. The molecule has 0 unspecified atom stereocenters. The van der Waals surface area contributed by atoms with Crippen LogP contribution in [0.1, 0.15) is 194 Å². The Bertz CT molecular complexity index is 1220. The molecule has 8 aromatic rings. The van der Waals surface area contributed by atoms with E-state index in [0.717, 1.165) is 0 Å². The first-order valence-corrected chi connectivity index (χ1v) is 29.1. The second kappa shape index (κ2) is 151. The van der Waals surface area contributed by atoms with Gasteiger partial charge in [0.2, 0.25) is 0 Å². The number of aromatic nitrogens is 6. The van der Waals surface area contributed by atoms with E-state index in [9.17, 15) is 0 Å². The zero-order valence-corrected chi connectivity index (χ0v) is 53.2. The number of thiophene rings is 1. The molecule has 0 fully saturated rings. The number of imidazole rings is 1. The van der Waals surface area contributed by atoms with Gasteiger partial charge in [-0.2, -0.15) is 11.3 Å². The third kappa shape index (κ3) is 122. The fourth-order valence-corrected chi connectivity index (χ4v) is 3.51. The minimum Gasteiger partial charge on any atom is -0.351 e. The molecule has 0 bridgehead atoms. The van der Waals surface area contributed by atoms with Gasteiger partial charge in [0, 0.05) is 48.8 Å². The van der Waals surface area contributed by atoms with Crippen LogP contribution in [0.25, 0.3) is 10.8 Å². The molecule has 0 radical (unpaired) electrons. The van der Waals surface area contributed by atoms with Gasteiger partial charge in [0.05, 0.1) is 11.8 Å². The number of nitrogens with zero attached hydrogens (tertiary/aromatic N) is 5. The molecule has 1 N–H and O–H groups in total. The van der Waals surface area contributed by atoms with Gasteiger partial charge >= 0.3 is 0 Å². The summed E-state index contributed by atoms with van der Waals surface area (Å²) in [6.07, 6.45) is 15.2. The average molecular weight is 1020 g/mol. The van der Waals surface area contributed by atoms with Crippen molar-refractivity contribution in [3.63, 3.8) is 0 Å². The van der Waals surface area contributed by atoms with Crippen molar-refractivity contribution in [3.05, 3.63) is 199 Å². The number of pyridine rings is 1. The second-order valence-electron chi connectivity index (χ2n) is 7.66. The minimum absolute atomic E-state index is 1.31. The van der Waals surface area contributed by atoms with Crippen molar-refractivity contribution in [2.24, 2.45) is 0 Å². The molecular weight excluding hydrogens is 905 g/mol. The number of nitrogens with one attached hydrogen (secondary N) is 1. The van der Waals surface area contributed by atoms with Crippen molar-refractivity contribution < 1.29 is 0 Å². The van der Waals surface area contributed by atoms with Crippen LogP contribution >= 0.6 is 22.7 Å². The Balaban J connectivity index is -0.0000000468. The maximum Gasteiger partial charge on any atom is 0.115 e. The molecule has 3 aromatic carbocycles. The summed E-state index contributed by atoms with van der Waals surface area (Å²) >= 11 is 3.31. The lowest BCUT2D eigenvalue weighted by molar-refractivity contribution is 1.17. The number of hydrogen-bond donors (Lipinski definition) is 1. The highest BCUT2D eigenvalue weighted by molar-refractivity contribution is 7.07. The molecule has 6 nitrogen and oxygen atoms in total. The highest BCUT2D eigenvalue weighted by atomic mass is 32.1. The van der Waals surface area contributed by atoms with Crippen LogP contribution in [0.3, 0.4) is 0 Å². The molecule has 0 spiro atoms. The molecule has 8 rings (SSSR count). The molecule has 0 saturated carbocycles. The Hall–Kier alpha value is -5.31. The van der Waals surface area contributed by atoms with E-state index in [-0.39, 0.29) is 0 Å². The molecule has 71 heavy (non-hydrogen) atoms. The predicted octanol–water partition coefficient (Wildman–Crippen LogP) is 23.8. The van der Waals surface area contributed by atoms with E-state index >= 15 is 0 Å². The van der Waals surface area contributed by atoms with E-state index in [1.807, 2.05) is 277 Å². The number of H-pyrrole nitrogens is 1. The van der Waals surface area contributed by atoms with Gasteiger partial charge in [-0.15, -0.1) is 11.3 Å². The molecule has 5 heterocycles. The fraction of sp³-hybridized carbons (Fsp3) is 0.444. The lowest BCUT2D eigenvalue weighted by Crippen LogP contribution is -1.67. The summed E-state index contributed by atoms with van der Waals surface area (Å²) in [7, 11) is 0. The van der Waals surface area contributed by atoms with Crippen LogP contribution in [-0.4, -0.2) is 29.9 Å². The lowest BCUT2D eigenvalue weighted by Gasteiger charge is -1.92. The number of aromatic amines is 1. The zero-order chi connectivity index (χ0) is 58.1. The summed E-state index contributed by atoms with van der Waals surface area (Å²) in [4.78, 5) is 21.3. The smallest absolute Gasteiger partial charge is 0.115 e. The summed E-state index contributed by atoms with van der Waals surface area (Å²) in [5.74, 6) is 0. The highest BCUT2D eigenvalue weighted by Gasteiger charge is 1.85. The van der Waals surface area contributed by atoms with Crippen molar-refractivity contribution in [2.75, 3.05) is 0 Å². The molecule has 0 aliphatic heterocycles. The Morgan fingerprint density at radius 2 is 0.592 bits per heavy atom. The standard InChI is InChI=1S/C10H8.C6H6.C5H5N.C4H4N2.C4H4S.C3H4N2.C3H3NS.14C2H6/c1-2-6-10-8-4-3-7-9(10)5-1;2*1-2-4-6-5-3-1;1-2-5-4-6-3-1;1-2-4-5-3-1;2*1-2-5-3-4-1;14*1-2/h1-8H;1-6H;1-5H;1-4H;1-4H;1-3H,(H,4,5);1-3H;14*1-2H3. The Morgan fingerprint density at radius 1 is 0.268 bits per heavy atom. The van der Waals surface area contributed by atoms with Gasteiger partial charge in [-0.3, -0.25) is 9.97 Å². The largest absolute Gasteiger partial charge is 0.351 e. The molecule has 0 amide bonds. The predicted molar refractivity (Wildman–Crippen MR) is 341 cm³/mol. The van der Waals surface area contributed by atoms with Crippen LogP contribution in [0, 0.1) is 0 Å². The summed E-state index contributed by atoms with van der Waals surface area (Å²) in [5.41, 5.74) is 1.79. The van der Waals surface area contributed by atoms with Gasteiger partial charge in [0.15, 0.2) is 0 Å². The zero-order valence-electron chi connectivity index (χ0n) is 51.6. The van der Waals surface area contributed by atoms with Crippen molar-refractivity contribution in [2.45, 2.75) is 194 Å². The van der Waals surface area contributed by atoms with Crippen LogP contribution in [0.2, 0.25) is 0 Å². The van der Waals surface area contributed by atoms with E-state index in [1.165, 1.54) is 17.1 Å². The normalized spacial score (nSPS) is 6.31. The van der Waals surface area contributed by atoms with Crippen LogP contribution < -0.4 is 0 Å². The van der Waals surface area contributed by atoms with Gasteiger partial charge < -0.3 is 4.98 Å². The molecule has 412 valence electrons. The topological polar surface area (TPSA) is 80.2 Å². The SMILES string of the molecule is CC.CC.CC.CC.CC.CC.CC.CC.CC.CC.CC.CC.CC.CC.c1c[nH]cn1.c1ccc2ccccc2c1.c1ccccc1.c1ccncc1.c1ccsc1.c1cncnc1.c1cscn1. The van der Waals surface area contributed by atoms with Crippen LogP contribution in [-0.2, 0) is 0 Å².